The van der Waals surface area contributed by atoms with Crippen molar-refractivity contribution >= 4 is 60.7 Å². The van der Waals surface area contributed by atoms with Crippen LogP contribution in [-0.4, -0.2) is 10.6 Å². The van der Waals surface area contributed by atoms with Crippen LogP contribution in [0.5, 0.6) is 0 Å². The van der Waals surface area contributed by atoms with Crippen LogP contribution in [0.3, 0.4) is 0 Å². The van der Waals surface area contributed by atoms with Gasteiger partial charge in [0.2, 0.25) is 0 Å². The van der Waals surface area contributed by atoms with Gasteiger partial charge in [-0.3, -0.25) is 0 Å². The highest BCUT2D eigenvalue weighted by molar-refractivity contribution is 6.16. The molecule has 10 aromatic rings. The minimum atomic E-state index is 0.174. The summed E-state index contributed by atoms with van der Waals surface area (Å²) >= 11 is 0. The number of furan rings is 1. The Labute approximate surface area is 330 Å². The van der Waals surface area contributed by atoms with Crippen molar-refractivity contribution in [1.29, 1.82) is 0 Å². The number of nitrogens with zero attached hydrogens (tertiary/aromatic N) is 2. The second-order valence-electron chi connectivity index (χ2n) is 15.2. The summed E-state index contributed by atoms with van der Waals surface area (Å²) in [7, 11) is 0. The van der Waals surface area contributed by atoms with Crippen molar-refractivity contribution < 1.29 is 4.42 Å². The lowest BCUT2D eigenvalue weighted by atomic mass is 9.86. The van der Waals surface area contributed by atoms with Gasteiger partial charge in [0.25, 0.3) is 0 Å². The first-order chi connectivity index (χ1) is 28.3. The van der Waals surface area contributed by atoms with Gasteiger partial charge in [-0.1, -0.05) is 164 Å². The number of benzene rings is 8. The second-order valence-corrected chi connectivity index (χ2v) is 15.2. The third kappa shape index (κ3) is 4.85. The highest BCUT2D eigenvalue weighted by Crippen LogP contribution is 2.51. The number of hydrogen-bond donors (Lipinski definition) is 0. The highest BCUT2D eigenvalue weighted by Gasteiger charge is 2.39. The normalized spacial score (nSPS) is 16.1. The van der Waals surface area contributed by atoms with E-state index < -0.39 is 0 Å². The molecule has 3 heterocycles. The van der Waals surface area contributed by atoms with Crippen LogP contribution in [0.1, 0.15) is 17.0 Å². The standard InChI is InChI=1S/C54H36N2O/c1-3-15-35(16-4-1)39-19-7-10-24-46(39)55-47-25-11-8-20-41(47)44-33-37(29-31-49(44)55)38-30-32-50-45(34-38)42-21-9-12-26-48(42)56(50)51-27-13-23-43-53-40(36-17-5-2-6-18-36)22-14-28-52(53)57-54(43)51/h1-34,44,49H. The predicted octanol–water partition coefficient (Wildman–Crippen LogP) is 14.3. The molecule has 0 spiro atoms. The van der Waals surface area contributed by atoms with Crippen molar-refractivity contribution in [1.82, 2.24) is 4.57 Å². The molecule has 57 heavy (non-hydrogen) atoms. The van der Waals surface area contributed by atoms with Crippen molar-refractivity contribution in [2.24, 2.45) is 0 Å². The van der Waals surface area contributed by atoms with E-state index >= 15 is 0 Å². The van der Waals surface area contributed by atoms with Crippen molar-refractivity contribution in [3.63, 3.8) is 0 Å². The van der Waals surface area contributed by atoms with Crippen LogP contribution in [0.25, 0.3) is 77.3 Å². The summed E-state index contributed by atoms with van der Waals surface area (Å²) in [6, 6.07) is 68.0. The summed E-state index contributed by atoms with van der Waals surface area (Å²) in [5.74, 6) is 0.216. The molecule has 2 unspecified atom stereocenters. The summed E-state index contributed by atoms with van der Waals surface area (Å²) in [6.07, 6.45) is 7.25. The molecule has 0 amide bonds. The lowest BCUT2D eigenvalue weighted by molar-refractivity contribution is 0.666. The summed E-state index contributed by atoms with van der Waals surface area (Å²) in [6.45, 7) is 0. The molecule has 3 heteroatoms. The molecule has 0 saturated carbocycles. The number of para-hydroxylation sites is 4. The average Bonchev–Trinajstić information content (AvgIpc) is 3.94. The fourth-order valence-electron chi connectivity index (χ4n) is 9.65. The van der Waals surface area contributed by atoms with Crippen molar-refractivity contribution in [2.75, 3.05) is 4.90 Å². The smallest absolute Gasteiger partial charge is 0.159 e. The molecular formula is C54H36N2O. The molecule has 0 N–H and O–H groups in total. The van der Waals surface area contributed by atoms with E-state index in [2.05, 4.69) is 216 Å². The molecule has 3 nitrogen and oxygen atoms in total. The Bertz CT molecular complexity index is 3260. The third-order valence-corrected chi connectivity index (χ3v) is 12.1. The fraction of sp³-hybridized carbons (Fsp3) is 0.0370. The second kappa shape index (κ2) is 12.6. The van der Waals surface area contributed by atoms with Crippen LogP contribution < -0.4 is 4.90 Å². The Balaban J connectivity index is 0.983. The maximum Gasteiger partial charge on any atom is 0.159 e. The Morgan fingerprint density at radius 1 is 0.456 bits per heavy atom. The largest absolute Gasteiger partial charge is 0.454 e. The van der Waals surface area contributed by atoms with Gasteiger partial charge in [0.15, 0.2) is 5.58 Å². The lowest BCUT2D eigenvalue weighted by Gasteiger charge is -2.31. The van der Waals surface area contributed by atoms with E-state index in [4.69, 9.17) is 4.42 Å². The van der Waals surface area contributed by atoms with E-state index in [9.17, 15) is 0 Å². The van der Waals surface area contributed by atoms with Crippen LogP contribution >= 0.6 is 0 Å². The molecule has 2 aromatic heterocycles. The molecule has 0 fully saturated rings. The zero-order valence-corrected chi connectivity index (χ0v) is 31.1. The first-order valence-electron chi connectivity index (χ1n) is 19.8. The maximum absolute atomic E-state index is 6.79. The average molecular weight is 729 g/mol. The molecule has 2 aliphatic rings. The number of allylic oxidation sites excluding steroid dienone is 2. The molecule has 0 bridgehead atoms. The fourth-order valence-corrected chi connectivity index (χ4v) is 9.65. The quantitative estimate of drug-likeness (QED) is 0.176. The van der Waals surface area contributed by atoms with E-state index in [1.54, 1.807) is 0 Å². The summed E-state index contributed by atoms with van der Waals surface area (Å²) in [5.41, 5.74) is 16.3. The molecule has 8 aromatic carbocycles. The molecule has 0 radical (unpaired) electrons. The van der Waals surface area contributed by atoms with Crippen LogP contribution in [0.4, 0.5) is 11.4 Å². The monoisotopic (exact) mass is 728 g/mol. The van der Waals surface area contributed by atoms with Crippen LogP contribution in [0.2, 0.25) is 0 Å². The van der Waals surface area contributed by atoms with Gasteiger partial charge in [0.1, 0.15) is 5.58 Å². The van der Waals surface area contributed by atoms with Crippen LogP contribution in [-0.2, 0) is 0 Å². The van der Waals surface area contributed by atoms with Gasteiger partial charge in [-0.2, -0.15) is 0 Å². The molecule has 2 atom stereocenters. The first-order valence-corrected chi connectivity index (χ1v) is 19.8. The molecular weight excluding hydrogens is 693 g/mol. The summed E-state index contributed by atoms with van der Waals surface area (Å²) < 4.78 is 9.17. The van der Waals surface area contributed by atoms with Gasteiger partial charge >= 0.3 is 0 Å². The van der Waals surface area contributed by atoms with E-state index in [0.29, 0.717) is 0 Å². The summed E-state index contributed by atoms with van der Waals surface area (Å²) in [5, 5.41) is 4.71. The van der Waals surface area contributed by atoms with E-state index in [0.717, 1.165) is 38.7 Å². The zero-order chi connectivity index (χ0) is 37.5. The third-order valence-electron chi connectivity index (χ3n) is 12.1. The maximum atomic E-state index is 6.79. The Morgan fingerprint density at radius 2 is 1.11 bits per heavy atom. The first kappa shape index (κ1) is 31.9. The van der Waals surface area contributed by atoms with E-state index in [-0.39, 0.29) is 12.0 Å². The van der Waals surface area contributed by atoms with Gasteiger partial charge in [0, 0.05) is 44.4 Å². The van der Waals surface area contributed by atoms with Crippen molar-refractivity contribution in [3.8, 4) is 27.9 Å². The molecule has 1 aliphatic carbocycles. The topological polar surface area (TPSA) is 21.3 Å². The van der Waals surface area contributed by atoms with Gasteiger partial charge < -0.3 is 13.9 Å². The SMILES string of the molecule is C1=CC2C(C=C1c1ccc3c(c1)c1ccccc1n3-c1cccc3c1oc1cccc(-c4ccccc4)c13)c1ccccc1N2c1ccccc1-c1ccccc1. The van der Waals surface area contributed by atoms with Gasteiger partial charge in [-0.15, -0.1) is 0 Å². The zero-order valence-electron chi connectivity index (χ0n) is 31.1. The van der Waals surface area contributed by atoms with Crippen LogP contribution in [0.15, 0.2) is 211 Å². The predicted molar refractivity (Wildman–Crippen MR) is 238 cm³/mol. The molecule has 268 valence electrons. The molecule has 12 rings (SSSR count). The summed E-state index contributed by atoms with van der Waals surface area (Å²) in [4.78, 5) is 2.55. The van der Waals surface area contributed by atoms with E-state index in [1.165, 1.54) is 61.1 Å². The van der Waals surface area contributed by atoms with Crippen molar-refractivity contribution in [2.45, 2.75) is 12.0 Å². The Kier molecular flexibility index (Phi) is 7.05. The number of aromatic nitrogens is 1. The van der Waals surface area contributed by atoms with Gasteiger partial charge in [-0.05, 0) is 75.9 Å². The highest BCUT2D eigenvalue weighted by atomic mass is 16.3. The molecule has 1 aliphatic heterocycles. The Morgan fingerprint density at radius 3 is 1.96 bits per heavy atom. The van der Waals surface area contributed by atoms with E-state index in [1.807, 2.05) is 0 Å². The van der Waals surface area contributed by atoms with Crippen LogP contribution in [0, 0.1) is 0 Å². The van der Waals surface area contributed by atoms with Gasteiger partial charge in [-0.25, -0.2) is 0 Å². The molecule has 0 saturated heterocycles. The number of anilines is 2. The number of hydrogen-bond acceptors (Lipinski definition) is 2. The lowest BCUT2D eigenvalue weighted by Crippen LogP contribution is -2.29. The Hall–Kier alpha value is -7.36. The van der Waals surface area contributed by atoms with Crippen molar-refractivity contribution in [3.05, 3.63) is 217 Å². The minimum Gasteiger partial charge on any atom is -0.454 e. The van der Waals surface area contributed by atoms with Gasteiger partial charge in [0.05, 0.1) is 22.8 Å². The minimum absolute atomic E-state index is 0.174. The number of rotatable bonds is 5. The number of fused-ring (bicyclic) bond motifs is 9.